The molecule has 0 saturated carbocycles. The van der Waals surface area contributed by atoms with Gasteiger partial charge in [0.2, 0.25) is 0 Å². The van der Waals surface area contributed by atoms with Gasteiger partial charge in [0.05, 0.1) is 14.2 Å². The number of carbonyl (C=O) groups is 2. The number of esters is 1. The van der Waals surface area contributed by atoms with Gasteiger partial charge in [-0.05, 0) is 24.3 Å². The summed E-state index contributed by atoms with van der Waals surface area (Å²) in [4.78, 5) is 22.4. The van der Waals surface area contributed by atoms with Crippen molar-refractivity contribution in [2.75, 3.05) is 25.7 Å². The number of thioether (sulfide) groups is 1. The van der Waals surface area contributed by atoms with Gasteiger partial charge in [-0.2, -0.15) is 11.8 Å². The molecule has 100 valence electrons. The smallest absolute Gasteiger partial charge is 0.407 e. The van der Waals surface area contributed by atoms with E-state index >= 15 is 0 Å². The highest BCUT2D eigenvalue weighted by Crippen LogP contribution is 2.08. The first-order chi connectivity index (χ1) is 8.15. The van der Waals surface area contributed by atoms with E-state index in [0.717, 1.165) is 24.3 Å². The van der Waals surface area contributed by atoms with Crippen molar-refractivity contribution in [1.29, 1.82) is 0 Å². The third-order valence-electron chi connectivity index (χ3n) is 2.16. The molecule has 0 fully saturated rings. The summed E-state index contributed by atoms with van der Waals surface area (Å²) in [6.07, 6.45) is 2.26. The Labute approximate surface area is 107 Å². The number of hydrogen-bond donors (Lipinski definition) is 1. The van der Waals surface area contributed by atoms with E-state index in [1.165, 1.54) is 14.2 Å². The van der Waals surface area contributed by atoms with Crippen molar-refractivity contribution < 1.29 is 19.1 Å². The van der Waals surface area contributed by atoms with Crippen molar-refractivity contribution in [3.05, 3.63) is 0 Å². The molecule has 0 spiro atoms. The summed E-state index contributed by atoms with van der Waals surface area (Å²) in [7, 11) is 2.57. The van der Waals surface area contributed by atoms with Crippen LogP contribution >= 0.6 is 11.8 Å². The van der Waals surface area contributed by atoms with Crippen LogP contribution in [0.15, 0.2) is 0 Å². The van der Waals surface area contributed by atoms with Gasteiger partial charge in [-0.1, -0.05) is 13.3 Å². The van der Waals surface area contributed by atoms with Gasteiger partial charge in [0.15, 0.2) is 0 Å². The molecule has 17 heavy (non-hydrogen) atoms. The maximum Gasteiger partial charge on any atom is 0.407 e. The highest BCUT2D eigenvalue weighted by atomic mass is 32.2. The third kappa shape index (κ3) is 7.90. The summed E-state index contributed by atoms with van der Waals surface area (Å²) in [5.41, 5.74) is 0. The van der Waals surface area contributed by atoms with E-state index < -0.39 is 18.1 Å². The minimum absolute atomic E-state index is 0.438. The number of ether oxygens (including phenoxy) is 2. The monoisotopic (exact) mass is 263 g/mol. The predicted molar refractivity (Wildman–Crippen MR) is 68.2 cm³/mol. The van der Waals surface area contributed by atoms with Crippen molar-refractivity contribution in [1.82, 2.24) is 5.32 Å². The van der Waals surface area contributed by atoms with Crippen LogP contribution in [0.4, 0.5) is 4.79 Å². The molecule has 6 heteroatoms. The molecule has 0 bridgehead atoms. The molecule has 0 aromatic heterocycles. The van der Waals surface area contributed by atoms with Gasteiger partial charge >= 0.3 is 12.1 Å². The first-order valence-electron chi connectivity index (χ1n) is 5.65. The Morgan fingerprint density at radius 2 is 1.94 bits per heavy atom. The van der Waals surface area contributed by atoms with Gasteiger partial charge < -0.3 is 14.8 Å². The van der Waals surface area contributed by atoms with Crippen molar-refractivity contribution in [2.24, 2.45) is 0 Å². The molecule has 0 aliphatic heterocycles. The number of carbonyl (C=O) groups excluding carboxylic acids is 2. The van der Waals surface area contributed by atoms with Crippen molar-refractivity contribution in [3.63, 3.8) is 0 Å². The number of nitrogens with one attached hydrogen (secondary N) is 1. The molecule has 0 aliphatic carbocycles. The molecular formula is C11H21NO4S. The fourth-order valence-corrected chi connectivity index (χ4v) is 2.24. The fraction of sp³-hybridized carbons (Fsp3) is 0.818. The lowest BCUT2D eigenvalue weighted by molar-refractivity contribution is -0.143. The Morgan fingerprint density at radius 3 is 2.47 bits per heavy atom. The molecule has 1 N–H and O–H groups in total. The SMILES string of the molecule is CCCCSCC[C@H](NC(=O)OC)C(=O)OC. The van der Waals surface area contributed by atoms with E-state index in [0.29, 0.717) is 6.42 Å². The summed E-state index contributed by atoms with van der Waals surface area (Å²) in [5, 5.41) is 2.46. The van der Waals surface area contributed by atoms with Gasteiger partial charge in [0.25, 0.3) is 0 Å². The zero-order chi connectivity index (χ0) is 13.1. The second-order valence-corrected chi connectivity index (χ2v) is 4.69. The van der Waals surface area contributed by atoms with Crippen LogP contribution in [-0.4, -0.2) is 43.8 Å². The third-order valence-corrected chi connectivity index (χ3v) is 3.26. The van der Waals surface area contributed by atoms with E-state index in [9.17, 15) is 9.59 Å². The lowest BCUT2D eigenvalue weighted by Gasteiger charge is -2.15. The maximum atomic E-state index is 11.4. The average molecular weight is 263 g/mol. The summed E-state index contributed by atoms with van der Waals surface area (Å²) in [5.74, 6) is 1.44. The number of alkyl carbamates (subject to hydrolysis) is 1. The van der Waals surface area contributed by atoms with Crippen LogP contribution in [0.2, 0.25) is 0 Å². The average Bonchev–Trinajstić information content (AvgIpc) is 2.35. The fourth-order valence-electron chi connectivity index (χ4n) is 1.14. The molecule has 0 aliphatic rings. The van der Waals surface area contributed by atoms with Crippen molar-refractivity contribution >= 4 is 23.8 Å². The number of unbranched alkanes of at least 4 members (excludes halogenated alkanes) is 1. The Hall–Kier alpha value is -0.910. The number of rotatable bonds is 8. The molecule has 0 aromatic carbocycles. The van der Waals surface area contributed by atoms with E-state index in [1.807, 2.05) is 0 Å². The Morgan fingerprint density at radius 1 is 1.24 bits per heavy atom. The quantitative estimate of drug-likeness (QED) is 0.534. The van der Waals surface area contributed by atoms with Crippen LogP contribution in [0, 0.1) is 0 Å². The maximum absolute atomic E-state index is 11.4. The molecule has 1 atom stereocenters. The van der Waals surface area contributed by atoms with Gasteiger partial charge in [0.1, 0.15) is 6.04 Å². The zero-order valence-electron chi connectivity index (χ0n) is 10.7. The van der Waals surface area contributed by atoms with Crippen LogP contribution in [0.3, 0.4) is 0 Å². The Kier molecular flexibility index (Phi) is 9.71. The number of amides is 1. The molecule has 5 nitrogen and oxygen atoms in total. The van der Waals surface area contributed by atoms with E-state index in [2.05, 4.69) is 21.7 Å². The van der Waals surface area contributed by atoms with Gasteiger partial charge in [0, 0.05) is 0 Å². The molecule has 0 unspecified atom stereocenters. The molecular weight excluding hydrogens is 242 g/mol. The molecule has 0 saturated heterocycles. The highest BCUT2D eigenvalue weighted by Gasteiger charge is 2.21. The largest absolute Gasteiger partial charge is 0.467 e. The topological polar surface area (TPSA) is 64.6 Å². The Balaban J connectivity index is 3.94. The summed E-state index contributed by atoms with van der Waals surface area (Å²) >= 11 is 1.77. The molecule has 0 aromatic rings. The standard InChI is InChI=1S/C11H21NO4S/c1-4-5-7-17-8-6-9(10(13)15-2)12-11(14)16-3/h9H,4-8H2,1-3H3,(H,12,14)/t9-/m0/s1. The highest BCUT2D eigenvalue weighted by molar-refractivity contribution is 7.99. The minimum Gasteiger partial charge on any atom is -0.467 e. The van der Waals surface area contributed by atoms with Crippen molar-refractivity contribution in [2.45, 2.75) is 32.2 Å². The zero-order valence-corrected chi connectivity index (χ0v) is 11.5. The molecule has 0 rings (SSSR count). The Bertz CT molecular complexity index is 236. The minimum atomic E-state index is -0.624. The lowest BCUT2D eigenvalue weighted by Crippen LogP contribution is -2.41. The van der Waals surface area contributed by atoms with Crippen molar-refractivity contribution in [3.8, 4) is 0 Å². The first kappa shape index (κ1) is 16.1. The molecule has 0 heterocycles. The van der Waals surface area contributed by atoms with Crippen LogP contribution in [0.25, 0.3) is 0 Å². The second kappa shape index (κ2) is 10.3. The number of methoxy groups -OCH3 is 2. The molecule has 0 radical (unpaired) electrons. The number of hydrogen-bond acceptors (Lipinski definition) is 5. The first-order valence-corrected chi connectivity index (χ1v) is 6.81. The van der Waals surface area contributed by atoms with Gasteiger partial charge in [-0.15, -0.1) is 0 Å². The van der Waals surface area contributed by atoms with Crippen LogP contribution < -0.4 is 5.32 Å². The lowest BCUT2D eigenvalue weighted by atomic mass is 10.2. The van der Waals surface area contributed by atoms with Crippen LogP contribution in [0.5, 0.6) is 0 Å². The predicted octanol–water partition coefficient (Wildman–Crippen LogP) is 1.81. The van der Waals surface area contributed by atoms with Crippen LogP contribution in [0.1, 0.15) is 26.2 Å². The second-order valence-electron chi connectivity index (χ2n) is 3.47. The van der Waals surface area contributed by atoms with Gasteiger partial charge in [-0.25, -0.2) is 9.59 Å². The summed E-state index contributed by atoms with van der Waals surface area (Å²) < 4.78 is 9.07. The van der Waals surface area contributed by atoms with E-state index in [4.69, 9.17) is 0 Å². The summed E-state index contributed by atoms with van der Waals surface area (Å²) in [6.45, 7) is 2.14. The normalized spacial score (nSPS) is 11.7. The summed E-state index contributed by atoms with van der Waals surface area (Å²) in [6, 6.07) is -0.624. The van der Waals surface area contributed by atoms with E-state index in [-0.39, 0.29) is 0 Å². The van der Waals surface area contributed by atoms with E-state index in [1.54, 1.807) is 11.8 Å². The molecule has 1 amide bonds. The van der Waals surface area contributed by atoms with Crippen LogP contribution in [-0.2, 0) is 14.3 Å². The van der Waals surface area contributed by atoms with Gasteiger partial charge in [-0.3, -0.25) is 0 Å².